The minimum absolute atomic E-state index is 0.727. The molecule has 0 amide bonds. The Morgan fingerprint density at radius 2 is 2.18 bits per heavy atom. The van der Waals surface area contributed by atoms with Crippen LogP contribution in [0.2, 0.25) is 0 Å². The molecule has 3 N–H and O–H groups in total. The van der Waals surface area contributed by atoms with Crippen molar-refractivity contribution in [3.63, 3.8) is 0 Å². The highest BCUT2D eigenvalue weighted by atomic mass is 79.9. The van der Waals surface area contributed by atoms with E-state index in [2.05, 4.69) is 15.9 Å². The summed E-state index contributed by atoms with van der Waals surface area (Å²) in [5.41, 5.74) is 7.85. The second kappa shape index (κ2) is 3.83. The number of thiophene rings is 1. The van der Waals surface area contributed by atoms with Crippen molar-refractivity contribution in [3.05, 3.63) is 50.1 Å². The van der Waals surface area contributed by atoms with Gasteiger partial charge in [0, 0.05) is 10.2 Å². The summed E-state index contributed by atoms with van der Waals surface area (Å²) in [6, 6.07) is 7.75. The SMILES string of the molecule is Nc1ccc2c(c1)CCC2(O)c1sccc1Br. The maximum atomic E-state index is 10.9. The van der Waals surface area contributed by atoms with Gasteiger partial charge in [-0.3, -0.25) is 0 Å². The average Bonchev–Trinajstić information content (AvgIpc) is 2.85. The molecule has 2 nitrogen and oxygen atoms in total. The van der Waals surface area contributed by atoms with Crippen LogP contribution >= 0.6 is 27.3 Å². The number of aliphatic hydroxyl groups is 1. The second-order valence-corrected chi connectivity index (χ2v) is 6.14. The normalized spacial score (nSPS) is 22.7. The molecule has 4 heteroatoms. The van der Waals surface area contributed by atoms with Gasteiger partial charge in [-0.15, -0.1) is 11.3 Å². The van der Waals surface area contributed by atoms with Gasteiger partial charge in [0.05, 0.1) is 4.88 Å². The summed E-state index contributed by atoms with van der Waals surface area (Å²) in [7, 11) is 0. The largest absolute Gasteiger partial charge is 0.399 e. The number of hydrogen-bond acceptors (Lipinski definition) is 3. The Morgan fingerprint density at radius 3 is 2.88 bits per heavy atom. The summed E-state index contributed by atoms with van der Waals surface area (Å²) in [6.07, 6.45) is 1.60. The number of benzene rings is 1. The molecular weight excluding hydrogens is 298 g/mol. The molecule has 1 aliphatic rings. The zero-order chi connectivity index (χ0) is 12.0. The quantitative estimate of drug-likeness (QED) is 0.794. The molecular formula is C13H12BrNOS. The molecule has 1 heterocycles. The number of aryl methyl sites for hydroxylation is 1. The van der Waals surface area contributed by atoms with E-state index >= 15 is 0 Å². The molecule has 3 rings (SSSR count). The molecule has 1 unspecified atom stereocenters. The zero-order valence-corrected chi connectivity index (χ0v) is 11.5. The van der Waals surface area contributed by atoms with Crippen molar-refractivity contribution in [1.29, 1.82) is 0 Å². The van der Waals surface area contributed by atoms with Gasteiger partial charge in [0.15, 0.2) is 0 Å². The topological polar surface area (TPSA) is 46.2 Å². The minimum Gasteiger partial charge on any atom is -0.399 e. The highest BCUT2D eigenvalue weighted by Gasteiger charge is 2.40. The maximum absolute atomic E-state index is 10.9. The number of halogens is 1. The molecule has 0 saturated heterocycles. The Morgan fingerprint density at radius 1 is 1.35 bits per heavy atom. The first-order chi connectivity index (χ1) is 8.11. The van der Waals surface area contributed by atoms with Crippen LogP contribution in [0.25, 0.3) is 0 Å². The Kier molecular flexibility index (Phi) is 2.54. The Bertz CT molecular complexity index is 581. The highest BCUT2D eigenvalue weighted by molar-refractivity contribution is 9.10. The van der Waals surface area contributed by atoms with Crippen LogP contribution in [-0.2, 0) is 12.0 Å². The lowest BCUT2D eigenvalue weighted by Crippen LogP contribution is -2.22. The lowest BCUT2D eigenvalue weighted by molar-refractivity contribution is 0.0861. The molecule has 1 aromatic carbocycles. The summed E-state index contributed by atoms with van der Waals surface area (Å²) >= 11 is 5.09. The van der Waals surface area contributed by atoms with E-state index in [-0.39, 0.29) is 0 Å². The average molecular weight is 310 g/mol. The summed E-state index contributed by atoms with van der Waals surface area (Å²) in [5.74, 6) is 0. The fraction of sp³-hybridized carbons (Fsp3) is 0.231. The number of rotatable bonds is 1. The van der Waals surface area contributed by atoms with Gasteiger partial charge in [-0.1, -0.05) is 6.07 Å². The summed E-state index contributed by atoms with van der Waals surface area (Å²) in [5, 5.41) is 12.9. The molecule has 0 saturated carbocycles. The van der Waals surface area contributed by atoms with Gasteiger partial charge in [0.2, 0.25) is 0 Å². The Labute approximate surface area is 112 Å². The third-order valence-corrected chi connectivity index (χ3v) is 5.31. The lowest BCUT2D eigenvalue weighted by Gasteiger charge is -2.23. The van der Waals surface area contributed by atoms with Crippen molar-refractivity contribution in [1.82, 2.24) is 0 Å². The fourth-order valence-corrected chi connectivity index (χ4v) is 4.34. The molecule has 1 aliphatic carbocycles. The van der Waals surface area contributed by atoms with Crippen molar-refractivity contribution in [2.75, 3.05) is 5.73 Å². The first kappa shape index (κ1) is 11.3. The van der Waals surface area contributed by atoms with E-state index in [1.165, 1.54) is 0 Å². The van der Waals surface area contributed by atoms with Crippen LogP contribution in [0.15, 0.2) is 34.1 Å². The van der Waals surface area contributed by atoms with Crippen LogP contribution in [0.5, 0.6) is 0 Å². The van der Waals surface area contributed by atoms with Gasteiger partial charge in [0.25, 0.3) is 0 Å². The molecule has 88 valence electrons. The molecule has 0 bridgehead atoms. The standard InChI is InChI=1S/C13H12BrNOS/c14-11-4-6-17-12(11)13(16)5-3-8-7-9(15)1-2-10(8)13/h1-2,4,6-7,16H,3,5,15H2. The highest BCUT2D eigenvalue weighted by Crippen LogP contribution is 2.46. The van der Waals surface area contributed by atoms with Crippen molar-refractivity contribution < 1.29 is 5.11 Å². The third-order valence-electron chi connectivity index (χ3n) is 3.32. The smallest absolute Gasteiger partial charge is 0.125 e. The first-order valence-corrected chi connectivity index (χ1v) is 7.13. The van der Waals surface area contributed by atoms with Crippen molar-refractivity contribution in [2.45, 2.75) is 18.4 Å². The summed E-state index contributed by atoms with van der Waals surface area (Å²) in [6.45, 7) is 0. The van der Waals surface area contributed by atoms with Gasteiger partial charge in [-0.2, -0.15) is 0 Å². The monoisotopic (exact) mass is 309 g/mol. The second-order valence-electron chi connectivity index (χ2n) is 4.37. The number of anilines is 1. The molecule has 2 aromatic rings. The van der Waals surface area contributed by atoms with Crippen LogP contribution in [0.1, 0.15) is 22.4 Å². The molecule has 17 heavy (non-hydrogen) atoms. The number of fused-ring (bicyclic) bond motifs is 1. The van der Waals surface area contributed by atoms with E-state index < -0.39 is 5.60 Å². The number of nitrogens with two attached hydrogens (primary N) is 1. The molecule has 1 atom stereocenters. The fourth-order valence-electron chi connectivity index (χ4n) is 2.50. The molecule has 0 spiro atoms. The molecule has 0 fully saturated rings. The van der Waals surface area contributed by atoms with Crippen molar-refractivity contribution in [3.8, 4) is 0 Å². The molecule has 0 aliphatic heterocycles. The van der Waals surface area contributed by atoms with E-state index in [1.807, 2.05) is 29.6 Å². The van der Waals surface area contributed by atoms with Gasteiger partial charge in [-0.05, 0) is 63.5 Å². The number of nitrogen functional groups attached to an aromatic ring is 1. The van der Waals surface area contributed by atoms with Crippen LogP contribution in [0, 0.1) is 0 Å². The van der Waals surface area contributed by atoms with Crippen LogP contribution in [0.4, 0.5) is 5.69 Å². The molecule has 0 radical (unpaired) electrons. The van der Waals surface area contributed by atoms with Gasteiger partial charge < -0.3 is 10.8 Å². The Hall–Kier alpha value is -0.840. The van der Waals surface area contributed by atoms with E-state index in [0.717, 1.165) is 39.0 Å². The van der Waals surface area contributed by atoms with E-state index in [9.17, 15) is 5.11 Å². The predicted octanol–water partition coefficient (Wildman–Crippen LogP) is 3.27. The summed E-state index contributed by atoms with van der Waals surface area (Å²) < 4.78 is 0.981. The van der Waals surface area contributed by atoms with E-state index in [4.69, 9.17) is 5.73 Å². The van der Waals surface area contributed by atoms with E-state index in [1.54, 1.807) is 11.3 Å². The minimum atomic E-state index is -0.851. The van der Waals surface area contributed by atoms with Crippen molar-refractivity contribution >= 4 is 33.0 Å². The summed E-state index contributed by atoms with van der Waals surface area (Å²) in [4.78, 5) is 0.987. The van der Waals surface area contributed by atoms with Crippen molar-refractivity contribution in [2.24, 2.45) is 0 Å². The van der Waals surface area contributed by atoms with Gasteiger partial charge >= 0.3 is 0 Å². The third kappa shape index (κ3) is 1.63. The molecule has 1 aromatic heterocycles. The lowest BCUT2D eigenvalue weighted by atomic mass is 9.94. The Balaban J connectivity index is 2.17. The number of hydrogen-bond donors (Lipinski definition) is 2. The van der Waals surface area contributed by atoms with Crippen LogP contribution in [-0.4, -0.2) is 5.11 Å². The first-order valence-electron chi connectivity index (χ1n) is 5.46. The maximum Gasteiger partial charge on any atom is 0.125 e. The zero-order valence-electron chi connectivity index (χ0n) is 9.11. The van der Waals surface area contributed by atoms with Crippen LogP contribution < -0.4 is 5.73 Å². The van der Waals surface area contributed by atoms with E-state index in [0.29, 0.717) is 0 Å². The van der Waals surface area contributed by atoms with Gasteiger partial charge in [0.1, 0.15) is 5.60 Å². The predicted molar refractivity (Wildman–Crippen MR) is 74.2 cm³/mol. The van der Waals surface area contributed by atoms with Crippen LogP contribution in [0.3, 0.4) is 0 Å². The van der Waals surface area contributed by atoms with Gasteiger partial charge in [-0.25, -0.2) is 0 Å².